The lowest BCUT2D eigenvalue weighted by molar-refractivity contribution is 0.632. The minimum atomic E-state index is -0.274. The van der Waals surface area contributed by atoms with Gasteiger partial charge in [-0.15, -0.1) is 11.3 Å². The monoisotopic (exact) mass is 285 g/mol. The van der Waals surface area contributed by atoms with Crippen molar-refractivity contribution < 1.29 is 4.39 Å². The molecule has 0 atom stereocenters. The summed E-state index contributed by atoms with van der Waals surface area (Å²) in [5, 5.41) is 0. The molecule has 0 unspecified atom stereocenters. The molecule has 0 fully saturated rings. The third kappa shape index (κ3) is 2.06. The van der Waals surface area contributed by atoms with Crippen molar-refractivity contribution in [3.05, 3.63) is 39.4 Å². The molecule has 0 saturated heterocycles. The molecule has 0 radical (unpaired) electrons. The summed E-state index contributed by atoms with van der Waals surface area (Å²) >= 11 is 4.95. The van der Waals surface area contributed by atoms with Crippen molar-refractivity contribution in [1.29, 1.82) is 0 Å². The Morgan fingerprint density at radius 2 is 2.07 bits per heavy atom. The van der Waals surface area contributed by atoms with Crippen molar-refractivity contribution >= 4 is 33.0 Å². The number of nitrogens with two attached hydrogens (primary N) is 1. The molecule has 2 rings (SSSR count). The number of benzene rings is 1. The number of aryl methyl sites for hydroxylation is 1. The smallest absolute Gasteiger partial charge is 0.133 e. The highest BCUT2D eigenvalue weighted by atomic mass is 79.9. The summed E-state index contributed by atoms with van der Waals surface area (Å²) in [6, 6.07) is 6.73. The van der Waals surface area contributed by atoms with E-state index in [0.717, 1.165) is 14.2 Å². The van der Waals surface area contributed by atoms with Crippen molar-refractivity contribution in [2.24, 2.45) is 0 Å². The van der Waals surface area contributed by atoms with E-state index in [1.54, 1.807) is 12.1 Å². The quantitative estimate of drug-likeness (QED) is 0.781. The van der Waals surface area contributed by atoms with Gasteiger partial charge in [-0.05, 0) is 52.7 Å². The molecule has 1 aromatic carbocycles. The number of hydrogen-bond acceptors (Lipinski definition) is 2. The molecule has 0 spiro atoms. The van der Waals surface area contributed by atoms with Crippen LogP contribution in [0, 0.1) is 12.7 Å². The van der Waals surface area contributed by atoms with Crippen LogP contribution in [0.4, 0.5) is 10.1 Å². The second-order valence-corrected chi connectivity index (χ2v) is 5.68. The van der Waals surface area contributed by atoms with Gasteiger partial charge in [0, 0.05) is 16.1 Å². The van der Waals surface area contributed by atoms with E-state index in [1.165, 1.54) is 17.4 Å². The molecular formula is C11H9BrFNS. The van der Waals surface area contributed by atoms with Gasteiger partial charge in [0.1, 0.15) is 5.82 Å². The first-order chi connectivity index (χ1) is 7.08. The van der Waals surface area contributed by atoms with E-state index in [4.69, 9.17) is 5.73 Å². The van der Waals surface area contributed by atoms with Crippen LogP contribution in [0.2, 0.25) is 0 Å². The van der Waals surface area contributed by atoms with Crippen LogP contribution in [-0.2, 0) is 0 Å². The van der Waals surface area contributed by atoms with Gasteiger partial charge < -0.3 is 5.73 Å². The summed E-state index contributed by atoms with van der Waals surface area (Å²) in [5.74, 6) is -0.274. The van der Waals surface area contributed by atoms with Gasteiger partial charge in [0.05, 0.1) is 3.79 Å². The maximum Gasteiger partial charge on any atom is 0.133 e. The molecule has 0 aliphatic heterocycles. The van der Waals surface area contributed by atoms with Crippen LogP contribution < -0.4 is 5.73 Å². The Kier molecular flexibility index (Phi) is 2.80. The van der Waals surface area contributed by atoms with E-state index in [-0.39, 0.29) is 5.82 Å². The Labute approximate surface area is 99.9 Å². The predicted octanol–water partition coefficient (Wildman–Crippen LogP) is 4.21. The van der Waals surface area contributed by atoms with Gasteiger partial charge in [-0.3, -0.25) is 0 Å². The summed E-state index contributed by atoms with van der Waals surface area (Å²) in [4.78, 5) is 0.914. The van der Waals surface area contributed by atoms with Crippen molar-refractivity contribution in [3.63, 3.8) is 0 Å². The molecular weight excluding hydrogens is 277 g/mol. The van der Waals surface area contributed by atoms with Crippen LogP contribution >= 0.6 is 27.3 Å². The van der Waals surface area contributed by atoms with Crippen molar-refractivity contribution in [3.8, 4) is 10.4 Å². The van der Waals surface area contributed by atoms with Crippen molar-refractivity contribution in [2.75, 3.05) is 5.73 Å². The minimum absolute atomic E-state index is 0.274. The molecule has 4 heteroatoms. The number of thiophene rings is 1. The predicted molar refractivity (Wildman–Crippen MR) is 66.6 cm³/mol. The highest BCUT2D eigenvalue weighted by Crippen LogP contribution is 2.36. The molecule has 0 saturated carbocycles. The number of nitrogen functional groups attached to an aromatic ring is 1. The molecule has 2 aromatic rings. The maximum absolute atomic E-state index is 13.6. The molecule has 1 nitrogen and oxygen atoms in total. The summed E-state index contributed by atoms with van der Waals surface area (Å²) in [6.45, 7) is 1.99. The Morgan fingerprint density at radius 3 is 2.60 bits per heavy atom. The fourth-order valence-corrected chi connectivity index (χ4v) is 2.89. The van der Waals surface area contributed by atoms with Gasteiger partial charge in [0.15, 0.2) is 0 Å². The summed E-state index contributed by atoms with van der Waals surface area (Å²) < 4.78 is 14.6. The van der Waals surface area contributed by atoms with Crippen molar-refractivity contribution in [1.82, 2.24) is 0 Å². The summed E-state index contributed by atoms with van der Waals surface area (Å²) in [7, 11) is 0. The summed E-state index contributed by atoms with van der Waals surface area (Å²) in [6.07, 6.45) is 0. The van der Waals surface area contributed by atoms with E-state index >= 15 is 0 Å². The maximum atomic E-state index is 13.6. The molecule has 2 N–H and O–H groups in total. The third-order valence-corrected chi connectivity index (χ3v) is 4.29. The first-order valence-corrected chi connectivity index (χ1v) is 6.00. The fourth-order valence-electron chi connectivity index (χ4n) is 1.32. The topological polar surface area (TPSA) is 26.0 Å². The zero-order valence-corrected chi connectivity index (χ0v) is 10.5. The number of halogens is 2. The van der Waals surface area contributed by atoms with Gasteiger partial charge in [0.25, 0.3) is 0 Å². The molecule has 0 bridgehead atoms. The average Bonchev–Trinajstić information content (AvgIpc) is 2.46. The fraction of sp³-hybridized carbons (Fsp3) is 0.0909. The van der Waals surface area contributed by atoms with Crippen LogP contribution in [-0.4, -0.2) is 0 Å². The Bertz CT molecular complexity index is 488. The highest BCUT2D eigenvalue weighted by molar-refractivity contribution is 9.11. The molecule has 0 aliphatic carbocycles. The normalized spacial score (nSPS) is 10.6. The second-order valence-electron chi connectivity index (χ2n) is 3.31. The van der Waals surface area contributed by atoms with Gasteiger partial charge in [0.2, 0.25) is 0 Å². The molecule has 0 amide bonds. The number of rotatable bonds is 1. The zero-order valence-electron chi connectivity index (χ0n) is 8.05. The zero-order chi connectivity index (χ0) is 11.0. The Balaban J connectivity index is 2.54. The van der Waals surface area contributed by atoms with Crippen LogP contribution in [0.25, 0.3) is 10.4 Å². The van der Waals surface area contributed by atoms with Gasteiger partial charge in [-0.2, -0.15) is 0 Å². The van der Waals surface area contributed by atoms with Crippen LogP contribution in [0.15, 0.2) is 28.1 Å². The van der Waals surface area contributed by atoms with Gasteiger partial charge >= 0.3 is 0 Å². The number of anilines is 1. The first-order valence-electron chi connectivity index (χ1n) is 4.39. The van der Waals surface area contributed by atoms with Crippen LogP contribution in [0.1, 0.15) is 5.56 Å². The SMILES string of the molecule is Cc1cc(-c2ccc(N)cc2F)sc1Br. The second kappa shape index (κ2) is 3.94. The standard InChI is InChI=1S/C11H9BrFNS/c1-6-4-10(15-11(6)12)8-3-2-7(14)5-9(8)13/h2-5H,14H2,1H3. The molecule has 0 aliphatic rings. The number of hydrogen-bond donors (Lipinski definition) is 1. The highest BCUT2D eigenvalue weighted by Gasteiger charge is 2.09. The Morgan fingerprint density at radius 1 is 1.33 bits per heavy atom. The van der Waals surface area contributed by atoms with E-state index in [9.17, 15) is 4.39 Å². The van der Waals surface area contributed by atoms with Gasteiger partial charge in [-0.25, -0.2) is 4.39 Å². The molecule has 1 heterocycles. The van der Waals surface area contributed by atoms with E-state index in [2.05, 4.69) is 15.9 Å². The molecule has 1 aromatic heterocycles. The molecule has 78 valence electrons. The van der Waals surface area contributed by atoms with Crippen LogP contribution in [0.5, 0.6) is 0 Å². The van der Waals surface area contributed by atoms with Crippen LogP contribution in [0.3, 0.4) is 0 Å². The largest absolute Gasteiger partial charge is 0.399 e. The van der Waals surface area contributed by atoms with Crippen molar-refractivity contribution in [2.45, 2.75) is 6.92 Å². The molecule has 15 heavy (non-hydrogen) atoms. The Hall–Kier alpha value is -0.870. The first kappa shape index (κ1) is 10.6. The van der Waals surface area contributed by atoms with Gasteiger partial charge in [-0.1, -0.05) is 0 Å². The van der Waals surface area contributed by atoms with E-state index < -0.39 is 0 Å². The average molecular weight is 286 g/mol. The van der Waals surface area contributed by atoms with E-state index in [0.29, 0.717) is 11.3 Å². The summed E-state index contributed by atoms with van der Waals surface area (Å²) in [5.41, 5.74) is 7.66. The lowest BCUT2D eigenvalue weighted by atomic mass is 10.1. The lowest BCUT2D eigenvalue weighted by Crippen LogP contribution is -1.87. The van der Waals surface area contributed by atoms with E-state index in [1.807, 2.05) is 13.0 Å². The lowest BCUT2D eigenvalue weighted by Gasteiger charge is -2.00. The minimum Gasteiger partial charge on any atom is -0.399 e. The third-order valence-electron chi connectivity index (χ3n) is 2.12.